The van der Waals surface area contributed by atoms with E-state index in [0.29, 0.717) is 5.92 Å². The third-order valence-electron chi connectivity index (χ3n) is 3.57. The molecule has 1 aliphatic rings. The molecule has 0 amide bonds. The average Bonchev–Trinajstić information content (AvgIpc) is 2.87. The largest absolute Gasteiger partial charge is 0.497 e. The second-order valence-corrected chi connectivity index (χ2v) is 5.52. The van der Waals surface area contributed by atoms with E-state index in [1.54, 1.807) is 17.6 Å². The molecule has 17 heavy (non-hydrogen) atoms. The Labute approximate surface area is 106 Å². The minimum Gasteiger partial charge on any atom is -0.497 e. The summed E-state index contributed by atoms with van der Waals surface area (Å²) in [5.41, 5.74) is 2.97. The second-order valence-electron chi connectivity index (χ2n) is 4.52. The standard InChI is InChI=1S/C15H16OS/c1-16-12-7-5-11(6-8-12)13-3-2-4-15-14(13)9-10-17-15/h5-10,13H,2-4H2,1H3. The predicted octanol–water partition coefficient (Wildman–Crippen LogP) is 4.22. The van der Waals surface area contributed by atoms with Crippen molar-refractivity contribution in [3.8, 4) is 5.75 Å². The number of aryl methyl sites for hydroxylation is 1. The highest BCUT2D eigenvalue weighted by molar-refractivity contribution is 7.10. The first-order valence-electron chi connectivity index (χ1n) is 6.08. The molecule has 1 unspecified atom stereocenters. The van der Waals surface area contributed by atoms with E-state index in [1.165, 1.54) is 24.8 Å². The van der Waals surface area contributed by atoms with Crippen LogP contribution in [0.1, 0.15) is 34.8 Å². The zero-order valence-corrected chi connectivity index (χ0v) is 10.8. The van der Waals surface area contributed by atoms with E-state index in [2.05, 4.69) is 35.7 Å². The summed E-state index contributed by atoms with van der Waals surface area (Å²) < 4.78 is 5.21. The predicted molar refractivity (Wildman–Crippen MR) is 72.1 cm³/mol. The lowest BCUT2D eigenvalue weighted by Crippen LogP contribution is -2.08. The molecular weight excluding hydrogens is 228 g/mol. The van der Waals surface area contributed by atoms with Crippen LogP contribution in [-0.4, -0.2) is 7.11 Å². The summed E-state index contributed by atoms with van der Waals surface area (Å²) >= 11 is 1.91. The van der Waals surface area contributed by atoms with Gasteiger partial charge in [-0.05, 0) is 54.0 Å². The van der Waals surface area contributed by atoms with Crippen molar-refractivity contribution in [1.82, 2.24) is 0 Å². The molecule has 1 aromatic heterocycles. The molecular formula is C15H16OS. The van der Waals surface area contributed by atoms with E-state index in [4.69, 9.17) is 4.74 Å². The van der Waals surface area contributed by atoms with Gasteiger partial charge >= 0.3 is 0 Å². The molecule has 1 heterocycles. The van der Waals surface area contributed by atoms with Gasteiger partial charge in [-0.3, -0.25) is 0 Å². The van der Waals surface area contributed by atoms with Gasteiger partial charge in [0.25, 0.3) is 0 Å². The lowest BCUT2D eigenvalue weighted by molar-refractivity contribution is 0.414. The van der Waals surface area contributed by atoms with E-state index >= 15 is 0 Å². The Hall–Kier alpha value is -1.28. The Kier molecular flexibility index (Phi) is 2.89. The molecule has 0 aliphatic heterocycles. The zero-order valence-electron chi connectivity index (χ0n) is 9.98. The van der Waals surface area contributed by atoms with Crippen LogP contribution in [0.2, 0.25) is 0 Å². The molecule has 0 spiro atoms. The van der Waals surface area contributed by atoms with Crippen molar-refractivity contribution >= 4 is 11.3 Å². The third kappa shape index (κ3) is 1.98. The van der Waals surface area contributed by atoms with Crippen LogP contribution in [0.3, 0.4) is 0 Å². The first-order chi connectivity index (χ1) is 8.38. The van der Waals surface area contributed by atoms with Crippen molar-refractivity contribution in [3.63, 3.8) is 0 Å². The molecule has 1 nitrogen and oxygen atoms in total. The number of thiophene rings is 1. The molecule has 2 aromatic rings. The number of rotatable bonds is 2. The van der Waals surface area contributed by atoms with Crippen LogP contribution in [0.4, 0.5) is 0 Å². The van der Waals surface area contributed by atoms with Gasteiger partial charge in [0.2, 0.25) is 0 Å². The average molecular weight is 244 g/mol. The van der Waals surface area contributed by atoms with Gasteiger partial charge in [0.15, 0.2) is 0 Å². The van der Waals surface area contributed by atoms with Crippen molar-refractivity contribution in [2.45, 2.75) is 25.2 Å². The fourth-order valence-corrected chi connectivity index (χ4v) is 3.66. The highest BCUT2D eigenvalue weighted by Gasteiger charge is 2.22. The minimum absolute atomic E-state index is 0.593. The summed E-state index contributed by atoms with van der Waals surface area (Å²) in [5.74, 6) is 1.53. The maximum absolute atomic E-state index is 5.21. The van der Waals surface area contributed by atoms with Gasteiger partial charge in [-0.25, -0.2) is 0 Å². The van der Waals surface area contributed by atoms with E-state index < -0.39 is 0 Å². The molecule has 0 radical (unpaired) electrons. The molecule has 1 aliphatic carbocycles. The topological polar surface area (TPSA) is 9.23 Å². The lowest BCUT2D eigenvalue weighted by Gasteiger charge is -2.23. The normalized spacial score (nSPS) is 18.8. The summed E-state index contributed by atoms with van der Waals surface area (Å²) in [5, 5.41) is 2.23. The number of hydrogen-bond acceptors (Lipinski definition) is 2. The van der Waals surface area contributed by atoms with Gasteiger partial charge in [0.05, 0.1) is 7.11 Å². The van der Waals surface area contributed by atoms with Crippen molar-refractivity contribution in [2.24, 2.45) is 0 Å². The van der Waals surface area contributed by atoms with Crippen LogP contribution in [0.15, 0.2) is 35.7 Å². The molecule has 88 valence electrons. The van der Waals surface area contributed by atoms with Gasteiger partial charge in [0.1, 0.15) is 5.75 Å². The maximum atomic E-state index is 5.21. The van der Waals surface area contributed by atoms with E-state index in [9.17, 15) is 0 Å². The summed E-state index contributed by atoms with van der Waals surface area (Å²) in [6.07, 6.45) is 3.85. The smallest absolute Gasteiger partial charge is 0.118 e. The summed E-state index contributed by atoms with van der Waals surface area (Å²) in [7, 11) is 1.71. The molecule has 3 rings (SSSR count). The Morgan fingerprint density at radius 2 is 2.00 bits per heavy atom. The number of methoxy groups -OCH3 is 1. The van der Waals surface area contributed by atoms with E-state index in [-0.39, 0.29) is 0 Å². The number of fused-ring (bicyclic) bond motifs is 1. The Bertz CT molecular complexity index is 498. The molecule has 2 heteroatoms. The first-order valence-corrected chi connectivity index (χ1v) is 6.96. The van der Waals surface area contributed by atoms with Crippen LogP contribution in [-0.2, 0) is 6.42 Å². The van der Waals surface area contributed by atoms with Crippen LogP contribution in [0.5, 0.6) is 5.75 Å². The van der Waals surface area contributed by atoms with Gasteiger partial charge in [-0.15, -0.1) is 11.3 Å². The summed E-state index contributed by atoms with van der Waals surface area (Å²) in [4.78, 5) is 1.58. The number of hydrogen-bond donors (Lipinski definition) is 0. The molecule has 0 bridgehead atoms. The van der Waals surface area contributed by atoms with Crippen molar-refractivity contribution < 1.29 is 4.74 Å². The lowest BCUT2D eigenvalue weighted by atomic mass is 9.83. The van der Waals surface area contributed by atoms with Gasteiger partial charge < -0.3 is 4.74 Å². The highest BCUT2D eigenvalue weighted by Crippen LogP contribution is 2.39. The Morgan fingerprint density at radius 3 is 2.76 bits per heavy atom. The molecule has 0 N–H and O–H groups in total. The van der Waals surface area contributed by atoms with E-state index in [0.717, 1.165) is 5.75 Å². The molecule has 1 aromatic carbocycles. The second kappa shape index (κ2) is 4.53. The minimum atomic E-state index is 0.593. The van der Waals surface area contributed by atoms with Crippen LogP contribution in [0, 0.1) is 0 Å². The zero-order chi connectivity index (χ0) is 11.7. The van der Waals surface area contributed by atoms with Crippen LogP contribution < -0.4 is 4.74 Å². The Morgan fingerprint density at radius 1 is 1.18 bits per heavy atom. The van der Waals surface area contributed by atoms with Crippen molar-refractivity contribution in [2.75, 3.05) is 7.11 Å². The van der Waals surface area contributed by atoms with Crippen LogP contribution in [0.25, 0.3) is 0 Å². The van der Waals surface area contributed by atoms with Crippen molar-refractivity contribution in [3.05, 3.63) is 51.7 Å². The first kappa shape index (κ1) is 10.8. The fraction of sp³-hybridized carbons (Fsp3) is 0.333. The highest BCUT2D eigenvalue weighted by atomic mass is 32.1. The monoisotopic (exact) mass is 244 g/mol. The molecule has 0 saturated heterocycles. The number of ether oxygens (including phenoxy) is 1. The molecule has 1 atom stereocenters. The molecule has 0 fully saturated rings. The fourth-order valence-electron chi connectivity index (χ4n) is 2.67. The van der Waals surface area contributed by atoms with Crippen LogP contribution >= 0.6 is 11.3 Å². The summed E-state index contributed by atoms with van der Waals surface area (Å²) in [6.45, 7) is 0. The van der Waals surface area contributed by atoms with Gasteiger partial charge in [0, 0.05) is 10.8 Å². The van der Waals surface area contributed by atoms with Gasteiger partial charge in [-0.2, -0.15) is 0 Å². The number of benzene rings is 1. The SMILES string of the molecule is COc1ccc(C2CCCc3sccc32)cc1. The quantitative estimate of drug-likeness (QED) is 0.768. The molecule has 0 saturated carbocycles. The van der Waals surface area contributed by atoms with Crippen molar-refractivity contribution in [1.29, 1.82) is 0 Å². The maximum Gasteiger partial charge on any atom is 0.118 e. The third-order valence-corrected chi connectivity index (χ3v) is 4.57. The van der Waals surface area contributed by atoms with Gasteiger partial charge in [-0.1, -0.05) is 12.1 Å². The Balaban J connectivity index is 1.95. The van der Waals surface area contributed by atoms with E-state index in [1.807, 2.05) is 11.3 Å². The summed E-state index contributed by atoms with van der Waals surface area (Å²) in [6, 6.07) is 10.8.